The van der Waals surface area contributed by atoms with Crippen LogP contribution in [0.15, 0.2) is 24.4 Å². The number of pyridine rings is 1. The van der Waals surface area contributed by atoms with Crippen LogP contribution in [-0.2, 0) is 11.2 Å². The highest BCUT2D eigenvalue weighted by Gasteiger charge is 2.16. The van der Waals surface area contributed by atoms with Crippen molar-refractivity contribution in [3.63, 3.8) is 0 Å². The summed E-state index contributed by atoms with van der Waals surface area (Å²) in [4.78, 5) is 16.0. The molecule has 0 radical (unpaired) electrons. The van der Waals surface area contributed by atoms with Gasteiger partial charge in [0.2, 0.25) is 0 Å². The minimum Gasteiger partial charge on any atom is -0.461 e. The summed E-state index contributed by atoms with van der Waals surface area (Å²) in [6.07, 6.45) is 2.69. The van der Waals surface area contributed by atoms with E-state index in [1.807, 2.05) is 35.7 Å². The highest BCUT2D eigenvalue weighted by atomic mass is 16.5. The number of aryl methyl sites for hydroxylation is 1. The molecule has 16 heavy (non-hydrogen) atoms. The van der Waals surface area contributed by atoms with Crippen LogP contribution in [0.5, 0.6) is 0 Å². The van der Waals surface area contributed by atoms with Crippen LogP contribution in [0.3, 0.4) is 0 Å². The number of esters is 1. The molecule has 2 aromatic rings. The van der Waals surface area contributed by atoms with E-state index < -0.39 is 0 Å². The van der Waals surface area contributed by atoms with Crippen LogP contribution < -0.4 is 0 Å². The molecule has 2 rings (SSSR count). The second-order valence-electron chi connectivity index (χ2n) is 3.41. The van der Waals surface area contributed by atoms with Gasteiger partial charge in [-0.25, -0.2) is 9.78 Å². The number of rotatable bonds is 3. The first-order valence-electron chi connectivity index (χ1n) is 5.41. The van der Waals surface area contributed by atoms with Crippen LogP contribution >= 0.6 is 0 Å². The average Bonchev–Trinajstić information content (AvgIpc) is 2.68. The lowest BCUT2D eigenvalue weighted by Gasteiger charge is -1.98. The number of hydrogen-bond donors (Lipinski definition) is 0. The van der Waals surface area contributed by atoms with Crippen LogP contribution in [0.1, 0.15) is 30.2 Å². The maximum Gasteiger partial charge on any atom is 0.359 e. The van der Waals surface area contributed by atoms with Crippen LogP contribution in [0.25, 0.3) is 5.52 Å². The molecule has 0 saturated heterocycles. The van der Waals surface area contributed by atoms with Crippen molar-refractivity contribution in [1.29, 1.82) is 0 Å². The van der Waals surface area contributed by atoms with E-state index in [2.05, 4.69) is 4.98 Å². The van der Waals surface area contributed by atoms with E-state index in [0.29, 0.717) is 12.3 Å². The molecule has 0 atom stereocenters. The molecule has 0 N–H and O–H groups in total. The number of nitrogens with zero attached hydrogens (tertiary/aromatic N) is 2. The van der Waals surface area contributed by atoms with E-state index in [4.69, 9.17) is 4.74 Å². The Kier molecular flexibility index (Phi) is 2.90. The van der Waals surface area contributed by atoms with Crippen molar-refractivity contribution in [2.45, 2.75) is 20.3 Å². The average molecular weight is 218 g/mol. The van der Waals surface area contributed by atoms with Gasteiger partial charge in [-0.05, 0) is 19.1 Å². The summed E-state index contributed by atoms with van der Waals surface area (Å²) >= 11 is 0. The van der Waals surface area contributed by atoms with E-state index in [1.54, 1.807) is 6.92 Å². The zero-order valence-corrected chi connectivity index (χ0v) is 9.43. The summed E-state index contributed by atoms with van der Waals surface area (Å²) in [7, 11) is 0. The van der Waals surface area contributed by atoms with Gasteiger partial charge in [0.15, 0.2) is 5.69 Å². The number of aromatic nitrogens is 2. The third-order valence-electron chi connectivity index (χ3n) is 2.41. The molecule has 2 aromatic heterocycles. The summed E-state index contributed by atoms with van der Waals surface area (Å²) in [5, 5.41) is 0. The molecule has 0 aliphatic carbocycles. The highest BCUT2D eigenvalue weighted by molar-refractivity contribution is 5.95. The second kappa shape index (κ2) is 4.35. The predicted molar refractivity (Wildman–Crippen MR) is 60.5 cm³/mol. The first-order chi connectivity index (χ1) is 7.77. The van der Waals surface area contributed by atoms with Gasteiger partial charge >= 0.3 is 5.97 Å². The van der Waals surface area contributed by atoms with Crippen molar-refractivity contribution < 1.29 is 9.53 Å². The zero-order chi connectivity index (χ0) is 11.5. The van der Waals surface area contributed by atoms with E-state index in [0.717, 1.165) is 17.8 Å². The third kappa shape index (κ3) is 1.66. The monoisotopic (exact) mass is 218 g/mol. The van der Waals surface area contributed by atoms with Gasteiger partial charge in [-0.3, -0.25) is 0 Å². The van der Waals surface area contributed by atoms with Gasteiger partial charge in [0.1, 0.15) is 5.82 Å². The van der Waals surface area contributed by atoms with Crippen molar-refractivity contribution in [3.8, 4) is 0 Å². The molecule has 2 heterocycles. The molecule has 0 spiro atoms. The Labute approximate surface area is 93.9 Å². The molecule has 0 aliphatic heterocycles. The quantitative estimate of drug-likeness (QED) is 0.741. The summed E-state index contributed by atoms with van der Waals surface area (Å²) in [6.45, 7) is 4.17. The smallest absolute Gasteiger partial charge is 0.359 e. The Bertz CT molecular complexity index is 517. The van der Waals surface area contributed by atoms with Crippen LogP contribution in [-0.4, -0.2) is 22.0 Å². The number of ether oxygens (including phenoxy) is 1. The van der Waals surface area contributed by atoms with Crippen molar-refractivity contribution in [2.24, 2.45) is 0 Å². The van der Waals surface area contributed by atoms with Crippen molar-refractivity contribution in [1.82, 2.24) is 9.38 Å². The number of fused-ring (bicyclic) bond motifs is 1. The normalized spacial score (nSPS) is 10.6. The molecule has 0 amide bonds. The SMILES string of the molecule is CCOC(=O)c1nc(CC)n2ccccc12. The summed E-state index contributed by atoms with van der Waals surface area (Å²) in [5.41, 5.74) is 1.21. The lowest BCUT2D eigenvalue weighted by atomic mass is 10.3. The van der Waals surface area contributed by atoms with Crippen LogP contribution in [0.2, 0.25) is 0 Å². The molecule has 0 aliphatic rings. The molecular weight excluding hydrogens is 204 g/mol. The minimum atomic E-state index is -0.356. The van der Waals surface area contributed by atoms with Crippen LogP contribution in [0, 0.1) is 0 Å². The first-order valence-corrected chi connectivity index (χ1v) is 5.41. The Morgan fingerprint density at radius 2 is 2.25 bits per heavy atom. The largest absolute Gasteiger partial charge is 0.461 e. The van der Waals surface area contributed by atoms with Crippen molar-refractivity contribution in [2.75, 3.05) is 6.61 Å². The molecule has 0 fully saturated rings. The number of carbonyl (C=O) groups is 1. The lowest BCUT2D eigenvalue weighted by molar-refractivity contribution is 0.0522. The first kappa shape index (κ1) is 10.7. The van der Waals surface area contributed by atoms with Gasteiger partial charge in [-0.1, -0.05) is 13.0 Å². The maximum atomic E-state index is 11.7. The van der Waals surface area contributed by atoms with Gasteiger partial charge in [-0.2, -0.15) is 0 Å². The lowest BCUT2D eigenvalue weighted by Crippen LogP contribution is -2.05. The topological polar surface area (TPSA) is 43.6 Å². The molecule has 0 bridgehead atoms. The molecule has 4 heteroatoms. The van der Waals surface area contributed by atoms with Crippen molar-refractivity contribution in [3.05, 3.63) is 35.9 Å². The van der Waals surface area contributed by atoms with Crippen molar-refractivity contribution >= 4 is 11.5 Å². The van der Waals surface area contributed by atoms with E-state index in [9.17, 15) is 4.79 Å². The predicted octanol–water partition coefficient (Wildman–Crippen LogP) is 2.07. The highest BCUT2D eigenvalue weighted by Crippen LogP contribution is 2.14. The summed E-state index contributed by atoms with van der Waals surface area (Å²) < 4.78 is 6.90. The fraction of sp³-hybridized carbons (Fsp3) is 0.333. The minimum absolute atomic E-state index is 0.356. The number of imidazole rings is 1. The standard InChI is InChI=1S/C12H14N2O2/c1-3-10-13-11(12(15)16-4-2)9-7-5-6-8-14(9)10/h5-8H,3-4H2,1-2H3. The maximum absolute atomic E-state index is 11.7. The Balaban J connectivity index is 2.57. The molecule has 84 valence electrons. The Morgan fingerprint density at radius 3 is 2.94 bits per heavy atom. The number of hydrogen-bond acceptors (Lipinski definition) is 3. The molecule has 0 unspecified atom stereocenters. The van der Waals surface area contributed by atoms with E-state index in [1.165, 1.54) is 0 Å². The summed E-state index contributed by atoms with van der Waals surface area (Å²) in [6, 6.07) is 5.68. The summed E-state index contributed by atoms with van der Waals surface area (Å²) in [5.74, 6) is 0.518. The second-order valence-corrected chi connectivity index (χ2v) is 3.41. The molecule has 0 aromatic carbocycles. The van der Waals surface area contributed by atoms with Gasteiger partial charge in [0, 0.05) is 12.6 Å². The van der Waals surface area contributed by atoms with Crippen LogP contribution in [0.4, 0.5) is 0 Å². The van der Waals surface area contributed by atoms with E-state index >= 15 is 0 Å². The molecular formula is C12H14N2O2. The fourth-order valence-electron chi connectivity index (χ4n) is 1.70. The van der Waals surface area contributed by atoms with E-state index in [-0.39, 0.29) is 5.97 Å². The van der Waals surface area contributed by atoms with Gasteiger partial charge in [-0.15, -0.1) is 0 Å². The number of carbonyl (C=O) groups excluding carboxylic acids is 1. The van der Waals surface area contributed by atoms with Gasteiger partial charge in [0.25, 0.3) is 0 Å². The Morgan fingerprint density at radius 1 is 1.44 bits per heavy atom. The van der Waals surface area contributed by atoms with Gasteiger partial charge < -0.3 is 9.14 Å². The molecule has 0 saturated carbocycles. The van der Waals surface area contributed by atoms with Gasteiger partial charge in [0.05, 0.1) is 12.1 Å². The molecule has 4 nitrogen and oxygen atoms in total. The Hall–Kier alpha value is -1.84. The third-order valence-corrected chi connectivity index (χ3v) is 2.41. The fourth-order valence-corrected chi connectivity index (χ4v) is 1.70. The zero-order valence-electron chi connectivity index (χ0n) is 9.43.